The molecule has 11 amide bonds. The number of phenolic OH excluding ortho intramolecular Hbond substituents is 1. The van der Waals surface area contributed by atoms with Crippen molar-refractivity contribution in [2.24, 2.45) is 17.6 Å². The van der Waals surface area contributed by atoms with Crippen molar-refractivity contribution in [1.82, 2.24) is 93.4 Å². The Hall–Kier alpha value is -14.1. The number of carbonyl (C=O) groups excluding carboxylic acids is 13. The molecule has 736 valence electrons. The second-order valence-electron chi connectivity index (χ2n) is 31.3. The number of carbonyl (C=O) groups is 18. The average molecular weight is 1950 g/mol. The van der Waals surface area contributed by atoms with E-state index in [1.165, 1.54) is 65.0 Å². The highest BCUT2D eigenvalue weighted by molar-refractivity contribution is 8.76. The molecule has 0 saturated carbocycles. The van der Waals surface area contributed by atoms with Crippen molar-refractivity contribution >= 4 is 169 Å². The van der Waals surface area contributed by atoms with Gasteiger partial charge in [0.15, 0.2) is 30.0 Å². The predicted molar refractivity (Wildman–Crippen MR) is 482 cm³/mol. The first-order chi connectivity index (χ1) is 63.9. The van der Waals surface area contributed by atoms with Crippen LogP contribution in [-0.4, -0.2) is 284 Å². The summed E-state index contributed by atoms with van der Waals surface area (Å²) in [5.74, 6) is -23.0. The number of nitrogens with zero attached hydrogens (tertiary/aromatic N) is 6. The molecule has 12 atom stereocenters. The molecule has 0 bridgehead atoms. The second kappa shape index (κ2) is 54.8. The Morgan fingerprint density at radius 1 is 0.689 bits per heavy atom. The van der Waals surface area contributed by atoms with Gasteiger partial charge in [0.2, 0.25) is 47.3 Å². The van der Waals surface area contributed by atoms with Crippen LogP contribution >= 0.6 is 32.9 Å². The maximum absolute atomic E-state index is 15.0. The van der Waals surface area contributed by atoms with Gasteiger partial charge in [0.05, 0.1) is 43.7 Å². The number of likely N-dealkylation sites (tertiary alicyclic amines) is 1. The molecule has 4 heterocycles. The lowest BCUT2D eigenvalue weighted by molar-refractivity contribution is -0.161. The van der Waals surface area contributed by atoms with Crippen molar-refractivity contribution in [1.29, 1.82) is 5.41 Å². The standard InChI is InChI=1S/C82H112N22O28S3/c1-8-13-63(114)131-39-104(77(124)64(41(5)9-2)98-74(122)56-15-10-11-27-103(56)7)57(40(3)4)34-58(132-42(6)105)76-97-54(37-133-76)72(120)92-50(30-43-16-22-47(106)23-17-43)73(121)101-102-82(129)130-28-29-134-135-38-55(79(127)128)96-71(119)53(33-62(112)113)95-70(118)52(32-61(110)111)94-69(117)51(31-60(108)109)93-68(116)48(14-12-26-86-80(83)84)90-59(107)25-24-49(78(125)126)91-67(115)44-18-20-45(21-19-44)87-35-46-36-88-66-65(89-46)75(123)100-81(85)99-66/h16-23,36-37,40-41,48-53,55-58,64,87,106H,8-15,24-35,38-39H2,1-7H3,(H,90,107)(H,91,115)(H,92,120)(H,93,116)(H,94,117)(H,95,118)(H,96,119)(H,98,122)(H,101,121)(H,102,129)(H,108,109)(H,110,111)(H,112,113)(H,125,126)(H,127,128)(H4,83,84,86)(H3,85,88,99,100,123)/t41-,48+,49+,50-,51+,52+,53+,55+,56+,57+,58+,64?/m0/s1. The van der Waals surface area contributed by atoms with Gasteiger partial charge in [-0.2, -0.15) is 4.98 Å². The highest BCUT2D eigenvalue weighted by Crippen LogP contribution is 2.33. The third kappa shape index (κ3) is 37.1. The van der Waals surface area contributed by atoms with Gasteiger partial charge in [-0.15, -0.1) is 11.3 Å². The number of aromatic nitrogens is 5. The molecule has 1 aliphatic heterocycles. The molecule has 6 rings (SSSR count). The maximum atomic E-state index is 15.0. The normalized spacial score (nSPS) is 14.8. The van der Waals surface area contributed by atoms with E-state index in [4.69, 9.17) is 31.1 Å². The Bertz CT molecular complexity index is 5110. The number of thiazole rings is 1. The minimum Gasteiger partial charge on any atom is -0.508 e. The van der Waals surface area contributed by atoms with Crippen LogP contribution in [0, 0.1) is 17.2 Å². The van der Waals surface area contributed by atoms with Gasteiger partial charge < -0.3 is 114 Å². The third-order valence-electron chi connectivity index (χ3n) is 20.6. The number of phenols is 1. The molecule has 1 unspecified atom stereocenters. The van der Waals surface area contributed by atoms with E-state index in [2.05, 4.69) is 67.6 Å². The smallest absolute Gasteiger partial charge is 0.426 e. The van der Waals surface area contributed by atoms with E-state index < -0.39 is 242 Å². The summed E-state index contributed by atoms with van der Waals surface area (Å²) in [6.07, 6.45) is -3.97. The summed E-state index contributed by atoms with van der Waals surface area (Å²) >= 11 is 0.904. The number of nitrogen functional groups attached to an aromatic ring is 1. The Morgan fingerprint density at radius 2 is 1.30 bits per heavy atom. The largest absolute Gasteiger partial charge is 0.508 e. The van der Waals surface area contributed by atoms with Gasteiger partial charge in [-0.05, 0) is 106 Å². The van der Waals surface area contributed by atoms with Gasteiger partial charge in [0.1, 0.15) is 71.4 Å². The first-order valence-electron chi connectivity index (χ1n) is 42.5. The zero-order valence-electron chi connectivity index (χ0n) is 74.6. The zero-order chi connectivity index (χ0) is 99.9. The van der Waals surface area contributed by atoms with Gasteiger partial charge in [0, 0.05) is 73.3 Å². The number of hydrogen-bond acceptors (Lipinski definition) is 34. The van der Waals surface area contributed by atoms with Gasteiger partial charge in [-0.1, -0.05) is 81.2 Å². The number of hydrazine groups is 1. The fraction of sp³-hybridized carbons (Fsp3) is 0.512. The van der Waals surface area contributed by atoms with Crippen LogP contribution in [0.15, 0.2) is 64.9 Å². The summed E-state index contributed by atoms with van der Waals surface area (Å²) in [5.41, 5.74) is 15.4. The van der Waals surface area contributed by atoms with Crippen molar-refractivity contribution in [2.45, 2.75) is 211 Å². The Labute approximate surface area is 783 Å². The number of anilines is 2. The summed E-state index contributed by atoms with van der Waals surface area (Å²) in [6, 6.07) is -4.86. The number of aliphatic carboxylic acids is 5. The number of hydrogen-bond donors (Lipinski definition) is 22. The van der Waals surface area contributed by atoms with E-state index in [9.17, 15) is 117 Å². The number of guanidine groups is 1. The first-order valence-corrected chi connectivity index (χ1v) is 45.8. The lowest BCUT2D eigenvalue weighted by Gasteiger charge is -2.39. The molecule has 5 aromatic rings. The van der Waals surface area contributed by atoms with Gasteiger partial charge in [-0.3, -0.25) is 97.4 Å². The number of likely N-dealkylation sites (N-methyl/N-ethyl adjacent to an activating group) is 1. The molecule has 0 spiro atoms. The second-order valence-corrected chi connectivity index (χ2v) is 34.9. The van der Waals surface area contributed by atoms with Crippen LogP contribution in [0.2, 0.25) is 0 Å². The number of nitrogens with two attached hydrogens (primary N) is 2. The van der Waals surface area contributed by atoms with E-state index in [0.29, 0.717) is 42.8 Å². The minimum atomic E-state index is -2.32. The summed E-state index contributed by atoms with van der Waals surface area (Å²) < 4.78 is 16.7. The highest BCUT2D eigenvalue weighted by Gasteiger charge is 2.42. The molecule has 50 nitrogen and oxygen atoms in total. The van der Waals surface area contributed by atoms with Crippen molar-refractivity contribution in [3.63, 3.8) is 0 Å². The van der Waals surface area contributed by atoms with Gasteiger partial charge >= 0.3 is 47.9 Å². The molecular weight excluding hydrogens is 1840 g/mol. The van der Waals surface area contributed by atoms with E-state index in [1.807, 2.05) is 47.2 Å². The van der Waals surface area contributed by atoms with E-state index in [-0.39, 0.29) is 96.0 Å². The van der Waals surface area contributed by atoms with Crippen molar-refractivity contribution in [2.75, 3.05) is 56.0 Å². The molecule has 2 aromatic carbocycles. The number of rotatable bonds is 55. The van der Waals surface area contributed by atoms with Crippen LogP contribution in [0.5, 0.6) is 5.75 Å². The van der Waals surface area contributed by atoms with Crippen molar-refractivity contribution in [3.05, 3.63) is 98.0 Å². The topological polar surface area (TPSA) is 767 Å². The maximum Gasteiger partial charge on any atom is 0.426 e. The zero-order valence-corrected chi connectivity index (χ0v) is 77.0. The number of fused-ring (bicyclic) bond motifs is 1. The number of H-pyrrole nitrogens is 1. The van der Waals surface area contributed by atoms with Crippen LogP contribution in [0.4, 0.5) is 16.4 Å². The number of carboxylic acid groups (broad SMARTS) is 5. The molecule has 0 aliphatic carbocycles. The Kier molecular flexibility index (Phi) is 44.5. The fourth-order valence-electron chi connectivity index (χ4n) is 13.3. The first kappa shape index (κ1) is 110. The van der Waals surface area contributed by atoms with Crippen molar-refractivity contribution < 1.29 is 131 Å². The number of aromatic amines is 1. The number of ether oxygens (including phenoxy) is 3. The molecular formula is C82H112N22O28S3. The molecule has 0 radical (unpaired) electrons. The SMILES string of the molecule is CCCC(=O)OCN(C(=O)C(NC(=O)[C@H]1CCCCN1C)[C@@H](C)CC)[C@H](C[C@@H](OC(C)=O)c1nc(C(=O)N[C@@H](Cc2ccc(O)cc2)C(=O)NNC(=O)OCCSSC[C@@H](NC(=O)[C@@H](CC(=O)O)NC(=O)[C@@H](CC(=O)O)NC(=O)[C@@H](CC(=O)O)NC(=O)[C@@H](CCCNC(=N)N)NC(=O)CC[C@@H](NC(=O)c2ccc(NCc3cnc4nc(N)[nH]c(=O)c4n3)cc2)C(=O)O)C(=O)O)cs1)C(C)C. The molecule has 135 heavy (non-hydrogen) atoms. The van der Waals surface area contributed by atoms with Crippen LogP contribution in [-0.2, 0) is 99.1 Å². The Balaban J connectivity index is 1.03. The number of amides is 11. The van der Waals surface area contributed by atoms with E-state index >= 15 is 4.79 Å². The fourth-order valence-corrected chi connectivity index (χ4v) is 16.1. The van der Waals surface area contributed by atoms with Crippen LogP contribution in [0.25, 0.3) is 11.2 Å². The number of aromatic hydroxyl groups is 1. The predicted octanol–water partition coefficient (Wildman–Crippen LogP) is -0.428. The quantitative estimate of drug-likeness (QED) is 0.00343. The van der Waals surface area contributed by atoms with Crippen molar-refractivity contribution in [3.8, 4) is 5.75 Å². The number of benzene rings is 2. The molecule has 3 aromatic heterocycles. The summed E-state index contributed by atoms with van der Waals surface area (Å²) in [4.78, 5) is 274. The van der Waals surface area contributed by atoms with Crippen LogP contribution in [0.1, 0.15) is 175 Å². The lowest BCUT2D eigenvalue weighted by Crippen LogP contribution is -2.59. The van der Waals surface area contributed by atoms with Crippen LogP contribution in [0.3, 0.4) is 0 Å². The summed E-state index contributed by atoms with van der Waals surface area (Å²) in [5, 5.41) is 92.2. The number of piperidine rings is 1. The number of nitrogens with one attached hydrogen (secondary N) is 14. The average Bonchev–Trinajstić information content (AvgIpc) is 1.79. The minimum absolute atomic E-state index is 0.0198. The molecule has 1 saturated heterocycles. The highest BCUT2D eigenvalue weighted by atomic mass is 33.1. The number of carboxylic acids is 5. The number of esters is 2. The molecule has 1 aliphatic rings. The summed E-state index contributed by atoms with van der Waals surface area (Å²) in [6.45, 7) is 9.86. The molecule has 24 N–H and O–H groups in total. The van der Waals surface area contributed by atoms with E-state index in [0.717, 1.165) is 52.7 Å². The Morgan fingerprint density at radius 3 is 1.87 bits per heavy atom. The summed E-state index contributed by atoms with van der Waals surface area (Å²) in [7, 11) is 3.48. The monoisotopic (exact) mass is 1950 g/mol. The van der Waals surface area contributed by atoms with Gasteiger partial charge in [-0.25, -0.2) is 34.8 Å². The van der Waals surface area contributed by atoms with E-state index in [1.54, 1.807) is 20.8 Å². The lowest BCUT2D eigenvalue weighted by atomic mass is 9.92. The van der Waals surface area contributed by atoms with Crippen LogP contribution < -0.4 is 81.0 Å². The molecule has 1 fully saturated rings. The molecule has 53 heteroatoms. The third-order valence-corrected chi connectivity index (χ3v) is 23.9. The van der Waals surface area contributed by atoms with Gasteiger partial charge in [0.25, 0.3) is 23.3 Å².